The van der Waals surface area contributed by atoms with E-state index in [1.165, 1.54) is 10.7 Å². The highest BCUT2D eigenvalue weighted by Crippen LogP contribution is 2.20. The average molecular weight is 392 g/mol. The molecule has 1 aromatic carbocycles. The molecule has 1 aromatic heterocycles. The van der Waals surface area contributed by atoms with Crippen molar-refractivity contribution in [1.29, 1.82) is 0 Å². The minimum Gasteiger partial charge on any atom is -0.380 e. The van der Waals surface area contributed by atoms with E-state index in [0.717, 1.165) is 4.47 Å². The highest BCUT2D eigenvalue weighted by atomic mass is 79.9. The molecule has 0 fully saturated rings. The number of amidine groups is 1. The average Bonchev–Trinajstić information content (AvgIpc) is 2.81. The lowest BCUT2D eigenvalue weighted by molar-refractivity contribution is -0.144. The summed E-state index contributed by atoms with van der Waals surface area (Å²) < 4.78 is 2.15. The van der Waals surface area contributed by atoms with Crippen molar-refractivity contribution in [1.82, 2.24) is 9.78 Å². The monoisotopic (exact) mass is 390 g/mol. The van der Waals surface area contributed by atoms with Gasteiger partial charge in [-0.3, -0.25) is 4.68 Å². The number of nitrogens with zero attached hydrogens (tertiary/aromatic N) is 3. The van der Waals surface area contributed by atoms with Crippen LogP contribution in [0.4, 0.5) is 0 Å². The standard InChI is InChI=1S/C12H9BrCl2N4O2/c13-7-4-17-19(5-7)6-11(20)21-18-12(16)9-2-1-8(14)3-10(9)15/h1-5H,6H2,(H2,16,18). The Hall–Kier alpha value is -1.57. The molecule has 0 saturated heterocycles. The highest BCUT2D eigenvalue weighted by Gasteiger charge is 2.09. The third-order valence-electron chi connectivity index (χ3n) is 2.35. The van der Waals surface area contributed by atoms with Gasteiger partial charge in [0.2, 0.25) is 0 Å². The first kappa shape index (κ1) is 15.8. The van der Waals surface area contributed by atoms with E-state index in [1.807, 2.05) is 0 Å². The molecule has 2 rings (SSSR count). The van der Waals surface area contributed by atoms with Gasteiger partial charge in [-0.05, 0) is 34.1 Å². The molecule has 0 bridgehead atoms. The second kappa shape index (κ2) is 6.93. The van der Waals surface area contributed by atoms with Crippen LogP contribution in [0.2, 0.25) is 10.0 Å². The molecule has 0 spiro atoms. The Morgan fingerprint density at radius 3 is 2.86 bits per heavy atom. The summed E-state index contributed by atoms with van der Waals surface area (Å²) >= 11 is 15.0. The molecule has 9 heteroatoms. The van der Waals surface area contributed by atoms with Crippen LogP contribution in [0.3, 0.4) is 0 Å². The Kier molecular flexibility index (Phi) is 5.22. The van der Waals surface area contributed by atoms with Gasteiger partial charge < -0.3 is 10.6 Å². The number of oxime groups is 1. The molecule has 1 heterocycles. The maximum absolute atomic E-state index is 11.6. The molecule has 6 nitrogen and oxygen atoms in total. The van der Waals surface area contributed by atoms with E-state index in [0.29, 0.717) is 15.6 Å². The lowest BCUT2D eigenvalue weighted by Crippen LogP contribution is -2.17. The predicted octanol–water partition coefficient (Wildman–Crippen LogP) is 2.82. The quantitative estimate of drug-likeness (QED) is 0.376. The second-order valence-corrected chi connectivity index (χ2v) is 5.68. The van der Waals surface area contributed by atoms with Crippen molar-refractivity contribution in [2.24, 2.45) is 10.9 Å². The smallest absolute Gasteiger partial charge is 0.356 e. The summed E-state index contributed by atoms with van der Waals surface area (Å²) in [5.41, 5.74) is 6.13. The largest absolute Gasteiger partial charge is 0.380 e. The van der Waals surface area contributed by atoms with Crippen LogP contribution in [0.1, 0.15) is 5.56 Å². The molecule has 0 atom stereocenters. The summed E-state index contributed by atoms with van der Waals surface area (Å²) in [6.07, 6.45) is 3.18. The van der Waals surface area contributed by atoms with E-state index in [-0.39, 0.29) is 12.4 Å². The lowest BCUT2D eigenvalue weighted by Gasteiger charge is -2.04. The molecule has 2 aromatic rings. The number of carbonyl (C=O) groups is 1. The van der Waals surface area contributed by atoms with E-state index in [4.69, 9.17) is 33.8 Å². The summed E-state index contributed by atoms with van der Waals surface area (Å²) in [5.74, 6) is -0.634. The Labute approximate surface area is 138 Å². The number of rotatable bonds is 4. The zero-order chi connectivity index (χ0) is 15.4. The maximum Gasteiger partial charge on any atom is 0.356 e. The Balaban J connectivity index is 2.01. The minimum atomic E-state index is -0.612. The molecule has 110 valence electrons. The molecule has 0 radical (unpaired) electrons. The summed E-state index contributed by atoms with van der Waals surface area (Å²) in [7, 11) is 0. The maximum atomic E-state index is 11.6. The van der Waals surface area contributed by atoms with Gasteiger partial charge in [0.05, 0.1) is 15.7 Å². The van der Waals surface area contributed by atoms with E-state index in [9.17, 15) is 4.79 Å². The van der Waals surface area contributed by atoms with Crippen molar-refractivity contribution < 1.29 is 9.63 Å². The Morgan fingerprint density at radius 2 is 2.24 bits per heavy atom. The molecule has 0 aliphatic heterocycles. The van der Waals surface area contributed by atoms with Gasteiger partial charge in [0.25, 0.3) is 0 Å². The van der Waals surface area contributed by atoms with Gasteiger partial charge in [-0.1, -0.05) is 28.4 Å². The molecular weight excluding hydrogens is 383 g/mol. The third-order valence-corrected chi connectivity index (χ3v) is 3.30. The van der Waals surface area contributed by atoms with Gasteiger partial charge in [0.15, 0.2) is 5.84 Å². The van der Waals surface area contributed by atoms with Crippen LogP contribution < -0.4 is 5.73 Å². The van der Waals surface area contributed by atoms with Crippen molar-refractivity contribution in [2.45, 2.75) is 6.54 Å². The summed E-state index contributed by atoms with van der Waals surface area (Å²) in [4.78, 5) is 16.3. The number of nitrogens with two attached hydrogens (primary N) is 1. The Morgan fingerprint density at radius 1 is 1.48 bits per heavy atom. The van der Waals surface area contributed by atoms with Crippen LogP contribution in [-0.2, 0) is 16.2 Å². The molecule has 2 N–H and O–H groups in total. The van der Waals surface area contributed by atoms with Crippen molar-refractivity contribution in [3.63, 3.8) is 0 Å². The fraction of sp³-hybridized carbons (Fsp3) is 0.0833. The first-order valence-corrected chi connectivity index (χ1v) is 7.17. The third kappa shape index (κ3) is 4.45. The topological polar surface area (TPSA) is 82.5 Å². The summed E-state index contributed by atoms with van der Waals surface area (Å²) in [5, 5.41) is 8.26. The Bertz CT molecular complexity index is 702. The summed E-state index contributed by atoms with van der Waals surface area (Å²) in [6, 6.07) is 4.71. The van der Waals surface area contributed by atoms with Gasteiger partial charge in [0, 0.05) is 16.8 Å². The number of aromatic nitrogens is 2. The number of benzene rings is 1. The molecular formula is C12H9BrCl2N4O2. The van der Waals surface area contributed by atoms with E-state index >= 15 is 0 Å². The zero-order valence-corrected chi connectivity index (χ0v) is 13.6. The second-order valence-electron chi connectivity index (χ2n) is 3.92. The van der Waals surface area contributed by atoms with Crippen LogP contribution in [0.15, 0.2) is 40.2 Å². The fourth-order valence-corrected chi connectivity index (χ4v) is 2.27. The highest BCUT2D eigenvalue weighted by molar-refractivity contribution is 9.10. The normalized spacial score (nSPS) is 11.5. The number of halogens is 3. The van der Waals surface area contributed by atoms with Crippen molar-refractivity contribution in [3.8, 4) is 0 Å². The van der Waals surface area contributed by atoms with Crippen LogP contribution >= 0.6 is 39.1 Å². The van der Waals surface area contributed by atoms with E-state index in [2.05, 4.69) is 26.2 Å². The molecule has 21 heavy (non-hydrogen) atoms. The van der Waals surface area contributed by atoms with E-state index in [1.54, 1.807) is 24.5 Å². The van der Waals surface area contributed by atoms with Crippen LogP contribution in [0.5, 0.6) is 0 Å². The van der Waals surface area contributed by atoms with Crippen molar-refractivity contribution >= 4 is 50.9 Å². The van der Waals surface area contributed by atoms with Crippen LogP contribution in [0, 0.1) is 0 Å². The van der Waals surface area contributed by atoms with Gasteiger partial charge in [-0.15, -0.1) is 0 Å². The van der Waals surface area contributed by atoms with Crippen molar-refractivity contribution in [2.75, 3.05) is 0 Å². The van der Waals surface area contributed by atoms with Gasteiger partial charge in [-0.2, -0.15) is 5.10 Å². The minimum absolute atomic E-state index is 0.0216. The lowest BCUT2D eigenvalue weighted by atomic mass is 10.2. The van der Waals surface area contributed by atoms with Gasteiger partial charge in [-0.25, -0.2) is 4.79 Å². The zero-order valence-electron chi connectivity index (χ0n) is 10.5. The molecule has 0 amide bonds. The first-order chi connectivity index (χ1) is 9.95. The SMILES string of the molecule is N/C(=N\OC(=O)Cn1cc(Br)cn1)c1ccc(Cl)cc1Cl. The fourth-order valence-electron chi connectivity index (χ4n) is 1.43. The first-order valence-electron chi connectivity index (χ1n) is 5.62. The van der Waals surface area contributed by atoms with Crippen molar-refractivity contribution in [3.05, 3.63) is 50.7 Å². The van der Waals surface area contributed by atoms with Crippen LogP contribution in [-0.4, -0.2) is 21.6 Å². The van der Waals surface area contributed by atoms with Crippen LogP contribution in [0.25, 0.3) is 0 Å². The van der Waals surface area contributed by atoms with Gasteiger partial charge in [0.1, 0.15) is 6.54 Å². The molecule has 0 saturated carbocycles. The summed E-state index contributed by atoms with van der Waals surface area (Å²) in [6.45, 7) is -0.0866. The predicted molar refractivity (Wildman–Crippen MR) is 83.2 cm³/mol. The number of carbonyl (C=O) groups excluding carboxylic acids is 1. The molecule has 0 unspecified atom stereocenters. The van der Waals surface area contributed by atoms with E-state index < -0.39 is 5.97 Å². The number of hydrogen-bond donors (Lipinski definition) is 1. The number of hydrogen-bond acceptors (Lipinski definition) is 4. The van der Waals surface area contributed by atoms with Gasteiger partial charge >= 0.3 is 5.97 Å². The molecule has 0 aliphatic rings. The molecule has 0 aliphatic carbocycles.